The molecule has 0 saturated carbocycles. The first kappa shape index (κ1) is 23.4. The van der Waals surface area contributed by atoms with Crippen LogP contribution in [0.25, 0.3) is 0 Å². The molecular formula is C10H20Cl2N6O2S2. The fraction of sp³-hybridized carbons (Fsp3) is 0.600. The molecule has 1 rings (SSSR count). The van der Waals surface area contributed by atoms with Crippen LogP contribution in [0.3, 0.4) is 0 Å². The molecule has 8 nitrogen and oxygen atoms in total. The van der Waals surface area contributed by atoms with Crippen LogP contribution in [0, 0.1) is 10.8 Å². The number of amides is 2. The van der Waals surface area contributed by atoms with Gasteiger partial charge in [0.05, 0.1) is 0 Å². The van der Waals surface area contributed by atoms with Crippen LogP contribution in [0.15, 0.2) is 0 Å². The number of amidine groups is 2. The second-order valence-corrected chi connectivity index (χ2v) is 6.40. The molecule has 0 spiro atoms. The van der Waals surface area contributed by atoms with E-state index < -0.39 is 12.1 Å². The van der Waals surface area contributed by atoms with Crippen LogP contribution in [0.5, 0.6) is 0 Å². The van der Waals surface area contributed by atoms with Gasteiger partial charge in [-0.15, -0.1) is 24.8 Å². The number of rotatable bonds is 6. The average molecular weight is 391 g/mol. The predicted octanol–water partition coefficient (Wildman–Crippen LogP) is -0.153. The van der Waals surface area contributed by atoms with Crippen molar-refractivity contribution in [3.63, 3.8) is 0 Å². The zero-order valence-corrected chi connectivity index (χ0v) is 14.9. The van der Waals surface area contributed by atoms with Gasteiger partial charge in [-0.3, -0.25) is 20.4 Å². The normalized spacial score (nSPS) is 20.0. The summed E-state index contributed by atoms with van der Waals surface area (Å²) in [6.45, 7) is 0. The molecule has 2 amide bonds. The van der Waals surface area contributed by atoms with Crippen LogP contribution in [-0.4, -0.2) is 45.7 Å². The lowest BCUT2D eigenvalue weighted by Gasteiger charge is -2.29. The molecule has 12 heteroatoms. The summed E-state index contributed by atoms with van der Waals surface area (Å²) in [6, 6.07) is -1.16. The van der Waals surface area contributed by atoms with Crippen LogP contribution in [-0.2, 0) is 9.59 Å². The molecule has 0 aromatic carbocycles. The van der Waals surface area contributed by atoms with Crippen molar-refractivity contribution in [2.24, 2.45) is 11.5 Å². The number of thioether (sulfide) groups is 2. The van der Waals surface area contributed by atoms with E-state index in [2.05, 4.69) is 10.6 Å². The fourth-order valence-electron chi connectivity index (χ4n) is 1.66. The molecule has 22 heavy (non-hydrogen) atoms. The summed E-state index contributed by atoms with van der Waals surface area (Å²) < 4.78 is 0. The Labute approximate surface area is 149 Å². The van der Waals surface area contributed by atoms with Crippen molar-refractivity contribution in [2.75, 3.05) is 11.5 Å². The van der Waals surface area contributed by atoms with Crippen molar-refractivity contribution in [2.45, 2.75) is 24.9 Å². The molecule has 2 unspecified atom stereocenters. The fourth-order valence-corrected chi connectivity index (χ4v) is 2.80. The van der Waals surface area contributed by atoms with Gasteiger partial charge in [-0.25, -0.2) is 0 Å². The Hall–Kier alpha value is -0.840. The van der Waals surface area contributed by atoms with Gasteiger partial charge in [-0.05, 0) is 12.8 Å². The number of nitrogens with one attached hydrogen (secondary N) is 4. The number of hydrogen-bond acceptors (Lipinski definition) is 6. The highest BCUT2D eigenvalue weighted by atomic mass is 35.5. The van der Waals surface area contributed by atoms with E-state index in [1.807, 2.05) is 0 Å². The zero-order chi connectivity index (χ0) is 15.1. The standard InChI is InChI=1S/C10H18N6O2S2.2ClH/c11-9(12)19-3-1-5-7(17)16-6(8(18)15-5)2-4-20-10(13)14;;/h5-6H,1-4H2,(H3,11,12)(H3,13,14)(H,15,18)(H,16,17);2*1H. The van der Waals surface area contributed by atoms with E-state index in [0.717, 1.165) is 23.5 Å². The van der Waals surface area contributed by atoms with E-state index in [-0.39, 0.29) is 47.0 Å². The third-order valence-electron chi connectivity index (χ3n) is 2.59. The summed E-state index contributed by atoms with van der Waals surface area (Å²) in [5, 5.41) is 19.4. The Balaban J connectivity index is 0. The molecule has 1 heterocycles. The average Bonchev–Trinajstić information content (AvgIpc) is 2.33. The van der Waals surface area contributed by atoms with Gasteiger partial charge >= 0.3 is 0 Å². The first-order valence-corrected chi connectivity index (χ1v) is 7.91. The third-order valence-corrected chi connectivity index (χ3v) is 4.10. The SMILES string of the molecule is Cl.Cl.N=C(N)SCCC1NC(=O)C(CCSC(=N)N)NC1=O. The molecular weight excluding hydrogens is 371 g/mol. The predicted molar refractivity (Wildman–Crippen MR) is 96.3 cm³/mol. The van der Waals surface area contributed by atoms with Crippen LogP contribution in [0.4, 0.5) is 0 Å². The highest BCUT2D eigenvalue weighted by molar-refractivity contribution is 8.13. The van der Waals surface area contributed by atoms with Crippen molar-refractivity contribution in [1.82, 2.24) is 10.6 Å². The lowest BCUT2D eigenvalue weighted by atomic mass is 10.1. The molecule has 0 bridgehead atoms. The number of carbonyl (C=O) groups is 2. The lowest BCUT2D eigenvalue weighted by Crippen LogP contribution is -2.61. The van der Waals surface area contributed by atoms with Crippen molar-refractivity contribution in [1.29, 1.82) is 10.8 Å². The van der Waals surface area contributed by atoms with Crippen molar-refractivity contribution < 1.29 is 9.59 Å². The first-order chi connectivity index (χ1) is 9.40. The quantitative estimate of drug-likeness (QED) is 0.273. The Morgan fingerprint density at radius 1 is 0.909 bits per heavy atom. The molecule has 0 aromatic heterocycles. The first-order valence-electron chi connectivity index (χ1n) is 5.94. The van der Waals surface area contributed by atoms with Gasteiger partial charge in [-0.1, -0.05) is 23.5 Å². The zero-order valence-electron chi connectivity index (χ0n) is 11.6. The summed E-state index contributed by atoms with van der Waals surface area (Å²) in [4.78, 5) is 23.7. The monoisotopic (exact) mass is 390 g/mol. The maximum atomic E-state index is 11.8. The highest BCUT2D eigenvalue weighted by Crippen LogP contribution is 2.11. The van der Waals surface area contributed by atoms with Crippen molar-refractivity contribution >= 4 is 70.5 Å². The minimum atomic E-state index is -0.578. The van der Waals surface area contributed by atoms with Crippen LogP contribution < -0.4 is 22.1 Å². The van der Waals surface area contributed by atoms with Gasteiger partial charge in [0.1, 0.15) is 12.1 Å². The Morgan fingerprint density at radius 2 is 1.23 bits per heavy atom. The topological polar surface area (TPSA) is 158 Å². The number of hydrogen-bond donors (Lipinski definition) is 6. The third kappa shape index (κ3) is 8.57. The Kier molecular flexibility index (Phi) is 12.4. The van der Waals surface area contributed by atoms with Crippen LogP contribution in [0.1, 0.15) is 12.8 Å². The van der Waals surface area contributed by atoms with Gasteiger partial charge in [-0.2, -0.15) is 0 Å². The smallest absolute Gasteiger partial charge is 0.243 e. The van der Waals surface area contributed by atoms with E-state index in [4.69, 9.17) is 22.3 Å². The maximum absolute atomic E-state index is 11.8. The number of nitrogens with two attached hydrogens (primary N) is 2. The number of piperazine rings is 1. The minimum Gasteiger partial charge on any atom is -0.379 e. The van der Waals surface area contributed by atoms with Gasteiger partial charge in [0.25, 0.3) is 0 Å². The molecule has 1 fully saturated rings. The lowest BCUT2D eigenvalue weighted by molar-refractivity contribution is -0.136. The van der Waals surface area contributed by atoms with E-state index in [1.165, 1.54) is 0 Å². The highest BCUT2D eigenvalue weighted by Gasteiger charge is 2.32. The van der Waals surface area contributed by atoms with Crippen LogP contribution >= 0.6 is 48.3 Å². The molecule has 0 aromatic rings. The van der Waals surface area contributed by atoms with Gasteiger partial charge in [0, 0.05) is 11.5 Å². The summed E-state index contributed by atoms with van der Waals surface area (Å²) >= 11 is 2.27. The molecule has 1 aliphatic rings. The van der Waals surface area contributed by atoms with E-state index in [9.17, 15) is 9.59 Å². The molecule has 0 radical (unpaired) electrons. The van der Waals surface area contributed by atoms with E-state index in [1.54, 1.807) is 0 Å². The number of halogens is 2. The second kappa shape index (κ2) is 11.7. The Morgan fingerprint density at radius 3 is 1.50 bits per heavy atom. The van der Waals surface area contributed by atoms with Gasteiger partial charge < -0.3 is 22.1 Å². The van der Waals surface area contributed by atoms with Crippen LogP contribution in [0.2, 0.25) is 0 Å². The van der Waals surface area contributed by atoms with Gasteiger partial charge in [0.15, 0.2) is 10.3 Å². The van der Waals surface area contributed by atoms with E-state index >= 15 is 0 Å². The molecule has 8 N–H and O–H groups in total. The molecule has 128 valence electrons. The van der Waals surface area contributed by atoms with E-state index in [0.29, 0.717) is 24.3 Å². The summed E-state index contributed by atoms with van der Waals surface area (Å²) in [6.07, 6.45) is 0.855. The molecule has 2 atom stereocenters. The summed E-state index contributed by atoms with van der Waals surface area (Å²) in [5.74, 6) is 0.537. The van der Waals surface area contributed by atoms with Gasteiger partial charge in [0.2, 0.25) is 11.8 Å². The second-order valence-electron chi connectivity index (χ2n) is 4.13. The minimum absolute atomic E-state index is 0. The Bertz CT molecular complexity index is 388. The molecule has 1 saturated heterocycles. The summed E-state index contributed by atoms with van der Waals surface area (Å²) in [7, 11) is 0. The van der Waals surface area contributed by atoms with Crippen molar-refractivity contribution in [3.8, 4) is 0 Å². The maximum Gasteiger partial charge on any atom is 0.243 e. The molecule has 0 aliphatic carbocycles. The summed E-state index contributed by atoms with van der Waals surface area (Å²) in [5.41, 5.74) is 10.4. The van der Waals surface area contributed by atoms with Crippen molar-refractivity contribution in [3.05, 3.63) is 0 Å². The largest absolute Gasteiger partial charge is 0.379 e. The molecule has 1 aliphatic heterocycles. The number of carbonyl (C=O) groups excluding carboxylic acids is 2.